The van der Waals surface area contributed by atoms with Gasteiger partial charge in [-0.1, -0.05) is 52.4 Å². The number of hydrogen-bond donors (Lipinski definition) is 2. The van der Waals surface area contributed by atoms with Gasteiger partial charge in [-0.2, -0.15) is 0 Å². The molecule has 146 valence electrons. The molecule has 5 atom stereocenters. The molecule has 5 heteroatoms. The normalized spacial score (nSPS) is 28.1. The standard InChI is InChI=1S/C20H37NO4/c1-6-13(2)16(21-19(23)25-20(3,4)5)17(22)18-15(24-18)12-14-10-8-7-9-11-14/h13-18,22H,6-12H2,1-5H3,(H,21,23)/t13?,15-,16+,17+,18+/m1/s1. The highest BCUT2D eigenvalue weighted by Crippen LogP contribution is 2.38. The van der Waals surface area contributed by atoms with E-state index in [1.807, 2.05) is 27.7 Å². The van der Waals surface area contributed by atoms with Crippen LogP contribution in [0.4, 0.5) is 4.79 Å². The van der Waals surface area contributed by atoms with Gasteiger partial charge in [-0.25, -0.2) is 4.79 Å². The van der Waals surface area contributed by atoms with E-state index in [4.69, 9.17) is 9.47 Å². The number of nitrogens with one attached hydrogen (secondary N) is 1. The maximum Gasteiger partial charge on any atom is 0.407 e. The van der Waals surface area contributed by atoms with Gasteiger partial charge in [0.05, 0.1) is 12.1 Å². The Morgan fingerprint density at radius 1 is 1.28 bits per heavy atom. The molecule has 1 aliphatic heterocycles. The minimum Gasteiger partial charge on any atom is -0.444 e. The van der Waals surface area contributed by atoms with Gasteiger partial charge >= 0.3 is 6.09 Å². The second-order valence-electron chi connectivity index (χ2n) is 8.93. The zero-order chi connectivity index (χ0) is 18.6. The van der Waals surface area contributed by atoms with Crippen LogP contribution in [-0.4, -0.2) is 41.2 Å². The Balaban J connectivity index is 1.88. The van der Waals surface area contributed by atoms with Crippen LogP contribution in [0.5, 0.6) is 0 Å². The van der Waals surface area contributed by atoms with Crippen LogP contribution in [0, 0.1) is 11.8 Å². The summed E-state index contributed by atoms with van der Waals surface area (Å²) in [5.74, 6) is 0.888. The van der Waals surface area contributed by atoms with Gasteiger partial charge in [0.15, 0.2) is 0 Å². The molecule has 2 fully saturated rings. The first kappa shape index (κ1) is 20.5. The predicted molar refractivity (Wildman–Crippen MR) is 98.5 cm³/mol. The molecule has 2 rings (SSSR count). The number of rotatable bonds is 7. The number of aliphatic hydroxyl groups excluding tert-OH is 1. The van der Waals surface area contributed by atoms with Gasteiger partial charge in [-0.05, 0) is 39.0 Å². The molecule has 5 nitrogen and oxygen atoms in total. The highest BCUT2D eigenvalue weighted by molar-refractivity contribution is 5.68. The summed E-state index contributed by atoms with van der Waals surface area (Å²) in [5, 5.41) is 13.7. The van der Waals surface area contributed by atoms with E-state index < -0.39 is 17.8 Å². The second kappa shape index (κ2) is 8.72. The highest BCUT2D eigenvalue weighted by atomic mass is 16.6. The van der Waals surface area contributed by atoms with E-state index in [9.17, 15) is 9.90 Å². The van der Waals surface area contributed by atoms with Crippen molar-refractivity contribution in [3.05, 3.63) is 0 Å². The van der Waals surface area contributed by atoms with Gasteiger partial charge in [0.2, 0.25) is 0 Å². The van der Waals surface area contributed by atoms with Crippen molar-refractivity contribution in [1.29, 1.82) is 0 Å². The van der Waals surface area contributed by atoms with Gasteiger partial charge in [-0.3, -0.25) is 0 Å². The molecule has 0 bridgehead atoms. The molecule has 1 heterocycles. The highest BCUT2D eigenvalue weighted by Gasteiger charge is 2.49. The van der Waals surface area contributed by atoms with Crippen LogP contribution in [0.15, 0.2) is 0 Å². The fourth-order valence-electron chi connectivity index (χ4n) is 3.86. The number of carbonyl (C=O) groups excluding carboxylic acids is 1. The van der Waals surface area contributed by atoms with Crippen LogP contribution < -0.4 is 5.32 Å². The molecule has 1 unspecified atom stereocenters. The zero-order valence-electron chi connectivity index (χ0n) is 16.6. The Hall–Kier alpha value is -0.810. The van der Waals surface area contributed by atoms with E-state index in [0.29, 0.717) is 0 Å². The average Bonchev–Trinajstić information content (AvgIpc) is 3.29. The summed E-state index contributed by atoms with van der Waals surface area (Å²) in [4.78, 5) is 12.2. The van der Waals surface area contributed by atoms with Crippen molar-refractivity contribution in [3.63, 3.8) is 0 Å². The van der Waals surface area contributed by atoms with Crippen molar-refractivity contribution in [3.8, 4) is 0 Å². The minimum atomic E-state index is -0.684. The van der Waals surface area contributed by atoms with Crippen molar-refractivity contribution in [2.45, 2.75) is 110 Å². The summed E-state index contributed by atoms with van der Waals surface area (Å²) >= 11 is 0. The molecule has 0 spiro atoms. The first-order valence-electron chi connectivity index (χ1n) is 10.0. The zero-order valence-corrected chi connectivity index (χ0v) is 16.6. The Morgan fingerprint density at radius 2 is 1.92 bits per heavy atom. The van der Waals surface area contributed by atoms with Gasteiger partial charge in [-0.15, -0.1) is 0 Å². The summed E-state index contributed by atoms with van der Waals surface area (Å²) in [6, 6.07) is -0.346. The molecule has 0 aromatic rings. The average molecular weight is 356 g/mol. The van der Waals surface area contributed by atoms with E-state index in [2.05, 4.69) is 12.2 Å². The molecular weight excluding hydrogens is 318 g/mol. The van der Waals surface area contributed by atoms with Gasteiger partial charge in [0, 0.05) is 0 Å². The maximum absolute atomic E-state index is 12.2. The van der Waals surface area contributed by atoms with Crippen LogP contribution >= 0.6 is 0 Å². The maximum atomic E-state index is 12.2. The third kappa shape index (κ3) is 6.45. The number of hydrogen-bond acceptors (Lipinski definition) is 4. The lowest BCUT2D eigenvalue weighted by Gasteiger charge is -2.30. The fraction of sp³-hybridized carbons (Fsp3) is 0.950. The molecular formula is C20H37NO4. The second-order valence-corrected chi connectivity index (χ2v) is 8.93. The Labute approximate surface area is 152 Å². The van der Waals surface area contributed by atoms with Crippen LogP contribution in [0.2, 0.25) is 0 Å². The van der Waals surface area contributed by atoms with Crippen LogP contribution in [0.1, 0.15) is 79.6 Å². The van der Waals surface area contributed by atoms with Crippen molar-refractivity contribution in [2.24, 2.45) is 11.8 Å². The number of ether oxygens (including phenoxy) is 2. The third-order valence-corrected chi connectivity index (χ3v) is 5.56. The molecule has 1 aliphatic carbocycles. The Morgan fingerprint density at radius 3 is 2.48 bits per heavy atom. The number of aliphatic hydroxyl groups is 1. The predicted octanol–water partition coefficient (Wildman–Crippen LogP) is 4.02. The third-order valence-electron chi connectivity index (χ3n) is 5.56. The summed E-state index contributed by atoms with van der Waals surface area (Å²) in [5.41, 5.74) is -0.547. The van der Waals surface area contributed by atoms with Crippen molar-refractivity contribution in [2.75, 3.05) is 0 Å². The van der Waals surface area contributed by atoms with E-state index in [1.54, 1.807) is 0 Å². The van der Waals surface area contributed by atoms with Crippen molar-refractivity contribution >= 4 is 6.09 Å². The smallest absolute Gasteiger partial charge is 0.407 e. The summed E-state index contributed by atoms with van der Waals surface area (Å²) in [6.45, 7) is 9.63. The lowest BCUT2D eigenvalue weighted by atomic mass is 9.84. The first-order valence-corrected chi connectivity index (χ1v) is 10.0. The van der Waals surface area contributed by atoms with Crippen LogP contribution in [0.25, 0.3) is 0 Å². The molecule has 0 radical (unpaired) electrons. The molecule has 0 aromatic carbocycles. The summed E-state index contributed by atoms with van der Waals surface area (Å²) < 4.78 is 11.2. The Bertz CT molecular complexity index is 428. The van der Waals surface area contributed by atoms with E-state index in [1.165, 1.54) is 32.1 Å². The van der Waals surface area contributed by atoms with Gasteiger partial charge < -0.3 is 19.9 Å². The summed E-state index contributed by atoms with van der Waals surface area (Å²) in [6.07, 6.45) is 7.31. The van der Waals surface area contributed by atoms with E-state index in [-0.39, 0.29) is 24.2 Å². The molecule has 1 amide bonds. The van der Waals surface area contributed by atoms with E-state index in [0.717, 1.165) is 18.8 Å². The number of amides is 1. The first-order chi connectivity index (χ1) is 11.7. The summed E-state index contributed by atoms with van der Waals surface area (Å²) in [7, 11) is 0. The number of carbonyl (C=O) groups is 1. The van der Waals surface area contributed by atoms with Crippen LogP contribution in [0.3, 0.4) is 0 Å². The number of alkyl carbamates (subject to hydrolysis) is 1. The topological polar surface area (TPSA) is 71.1 Å². The SMILES string of the molecule is CCC(C)[C@H](NC(=O)OC(C)(C)C)[C@H](O)[C@H]1O[C@@H]1CC1CCCCC1. The van der Waals surface area contributed by atoms with Crippen molar-refractivity contribution < 1.29 is 19.4 Å². The molecule has 1 saturated carbocycles. The molecule has 2 aliphatic rings. The largest absolute Gasteiger partial charge is 0.444 e. The quantitative estimate of drug-likeness (QED) is 0.677. The fourth-order valence-corrected chi connectivity index (χ4v) is 3.86. The Kier molecular flexibility index (Phi) is 7.15. The molecule has 25 heavy (non-hydrogen) atoms. The van der Waals surface area contributed by atoms with Gasteiger partial charge in [0.25, 0.3) is 0 Å². The van der Waals surface area contributed by atoms with Gasteiger partial charge in [0.1, 0.15) is 17.8 Å². The molecule has 1 saturated heterocycles. The van der Waals surface area contributed by atoms with Crippen molar-refractivity contribution in [1.82, 2.24) is 5.32 Å². The molecule has 0 aromatic heterocycles. The molecule has 2 N–H and O–H groups in total. The number of epoxide rings is 1. The lowest BCUT2D eigenvalue weighted by Crippen LogP contribution is -2.51. The van der Waals surface area contributed by atoms with E-state index >= 15 is 0 Å². The minimum absolute atomic E-state index is 0.144. The lowest BCUT2D eigenvalue weighted by molar-refractivity contribution is 0.0310. The van der Waals surface area contributed by atoms with Crippen LogP contribution in [-0.2, 0) is 9.47 Å². The monoisotopic (exact) mass is 355 g/mol.